The molecule has 32 heavy (non-hydrogen) atoms. The van der Waals surface area contributed by atoms with E-state index < -0.39 is 11.8 Å². The largest absolute Gasteiger partial charge is 0.507 e. The molecule has 2 amide bonds. The number of aromatic nitrogens is 2. The van der Waals surface area contributed by atoms with Crippen molar-refractivity contribution in [3.63, 3.8) is 0 Å². The molecule has 1 aromatic heterocycles. The molecule has 0 fully saturated rings. The van der Waals surface area contributed by atoms with Gasteiger partial charge in [0.2, 0.25) is 0 Å². The highest BCUT2D eigenvalue weighted by atomic mass is 16.5. The van der Waals surface area contributed by atoms with Crippen molar-refractivity contribution in [2.75, 3.05) is 7.11 Å². The summed E-state index contributed by atoms with van der Waals surface area (Å²) in [7, 11) is 1.54. The summed E-state index contributed by atoms with van der Waals surface area (Å²) in [4.78, 5) is 25.4. The van der Waals surface area contributed by atoms with E-state index in [9.17, 15) is 14.7 Å². The number of methoxy groups -OCH3 is 1. The summed E-state index contributed by atoms with van der Waals surface area (Å²) in [6.07, 6.45) is 1.58. The number of benzene rings is 3. The fraction of sp³-hybridized carbons (Fsp3) is 0.0417. The first-order valence-corrected chi connectivity index (χ1v) is 9.75. The molecule has 0 atom stereocenters. The van der Waals surface area contributed by atoms with Crippen LogP contribution in [0.15, 0.2) is 85.1 Å². The molecule has 0 aliphatic carbocycles. The fourth-order valence-corrected chi connectivity index (χ4v) is 3.21. The number of hydrazine groups is 1. The second kappa shape index (κ2) is 9.05. The van der Waals surface area contributed by atoms with Gasteiger partial charge in [0.05, 0.1) is 23.9 Å². The maximum absolute atomic E-state index is 13.0. The lowest BCUT2D eigenvalue weighted by atomic mass is 10.1. The van der Waals surface area contributed by atoms with Crippen LogP contribution in [0.5, 0.6) is 11.5 Å². The molecular weight excluding hydrogens is 408 g/mol. The van der Waals surface area contributed by atoms with Crippen LogP contribution in [0.25, 0.3) is 16.9 Å². The van der Waals surface area contributed by atoms with E-state index in [0.29, 0.717) is 17.0 Å². The van der Waals surface area contributed by atoms with Gasteiger partial charge in [-0.3, -0.25) is 20.4 Å². The number of nitrogens with one attached hydrogen (secondary N) is 2. The minimum Gasteiger partial charge on any atom is -0.507 e. The molecule has 8 heteroatoms. The van der Waals surface area contributed by atoms with Crippen molar-refractivity contribution in [1.82, 2.24) is 20.6 Å². The average Bonchev–Trinajstić information content (AvgIpc) is 3.28. The third-order valence-electron chi connectivity index (χ3n) is 4.78. The van der Waals surface area contributed by atoms with Crippen LogP contribution < -0.4 is 15.6 Å². The molecule has 4 aromatic rings. The quantitative estimate of drug-likeness (QED) is 0.423. The first-order chi connectivity index (χ1) is 15.6. The Morgan fingerprint density at radius 3 is 2.19 bits per heavy atom. The number of aromatic hydroxyl groups is 1. The SMILES string of the molecule is COc1ccccc1-c1nn(-c2ccccc2)cc1C(=O)NNC(=O)c1ccccc1O. The van der Waals surface area contributed by atoms with Crippen LogP contribution in [0.3, 0.4) is 0 Å². The van der Waals surface area contributed by atoms with Gasteiger partial charge in [0.25, 0.3) is 11.8 Å². The normalized spacial score (nSPS) is 10.4. The van der Waals surface area contributed by atoms with E-state index in [4.69, 9.17) is 4.74 Å². The van der Waals surface area contributed by atoms with E-state index >= 15 is 0 Å². The molecule has 1 heterocycles. The zero-order valence-electron chi connectivity index (χ0n) is 17.1. The minimum absolute atomic E-state index is 0.0396. The number of para-hydroxylation sites is 3. The standard InChI is InChI=1S/C24H20N4O4/c1-32-21-14-8-6-12-18(21)22-19(15-28(27-22)16-9-3-2-4-10-16)24(31)26-25-23(30)17-11-5-7-13-20(17)29/h2-15,29H,1H3,(H,25,30)(H,26,31). The Bertz CT molecular complexity index is 1270. The molecule has 0 unspecified atom stereocenters. The van der Waals surface area contributed by atoms with Gasteiger partial charge in [-0.2, -0.15) is 5.10 Å². The van der Waals surface area contributed by atoms with Gasteiger partial charge in [-0.25, -0.2) is 4.68 Å². The number of ether oxygens (including phenoxy) is 1. The minimum atomic E-state index is -0.647. The van der Waals surface area contributed by atoms with Gasteiger partial charge in [0.15, 0.2) is 0 Å². The molecule has 8 nitrogen and oxygen atoms in total. The summed E-state index contributed by atoms with van der Waals surface area (Å²) < 4.78 is 7.03. The van der Waals surface area contributed by atoms with Crippen LogP contribution in [0.2, 0.25) is 0 Å². The average molecular weight is 428 g/mol. The third kappa shape index (κ3) is 4.15. The molecule has 3 aromatic carbocycles. The molecule has 160 valence electrons. The summed E-state index contributed by atoms with van der Waals surface area (Å²) in [5.41, 5.74) is 6.77. The highest BCUT2D eigenvalue weighted by Crippen LogP contribution is 2.31. The first-order valence-electron chi connectivity index (χ1n) is 9.75. The zero-order chi connectivity index (χ0) is 22.5. The van der Waals surface area contributed by atoms with Gasteiger partial charge in [-0.05, 0) is 36.4 Å². The van der Waals surface area contributed by atoms with E-state index in [1.165, 1.54) is 12.1 Å². The number of hydrogen-bond donors (Lipinski definition) is 3. The Labute approximate surface area is 184 Å². The number of phenols is 1. The fourth-order valence-electron chi connectivity index (χ4n) is 3.21. The lowest BCUT2D eigenvalue weighted by Gasteiger charge is -2.10. The maximum atomic E-state index is 13.0. The number of amides is 2. The molecular formula is C24H20N4O4. The highest BCUT2D eigenvalue weighted by Gasteiger charge is 2.22. The summed E-state index contributed by atoms with van der Waals surface area (Å²) in [5.74, 6) is -0.855. The number of carbonyl (C=O) groups is 2. The summed E-state index contributed by atoms with van der Waals surface area (Å²) >= 11 is 0. The van der Waals surface area contributed by atoms with Crippen molar-refractivity contribution >= 4 is 11.8 Å². The molecule has 4 rings (SSSR count). The molecule has 0 aliphatic heterocycles. The molecule has 0 aliphatic rings. The van der Waals surface area contributed by atoms with Gasteiger partial charge < -0.3 is 9.84 Å². The summed E-state index contributed by atoms with van der Waals surface area (Å²) in [6.45, 7) is 0. The predicted molar refractivity (Wildman–Crippen MR) is 119 cm³/mol. The van der Waals surface area contributed by atoms with Gasteiger partial charge >= 0.3 is 0 Å². The van der Waals surface area contributed by atoms with Crippen LogP contribution >= 0.6 is 0 Å². The predicted octanol–water partition coefficient (Wildman–Crippen LogP) is 3.33. The number of hydrogen-bond acceptors (Lipinski definition) is 5. The number of rotatable bonds is 5. The lowest BCUT2D eigenvalue weighted by Crippen LogP contribution is -2.41. The monoisotopic (exact) mass is 428 g/mol. The van der Waals surface area contributed by atoms with E-state index in [1.807, 2.05) is 42.5 Å². The Morgan fingerprint density at radius 2 is 1.47 bits per heavy atom. The number of nitrogens with zero attached hydrogens (tertiary/aromatic N) is 2. The van der Waals surface area contributed by atoms with Crippen LogP contribution in [-0.2, 0) is 0 Å². The Balaban J connectivity index is 1.67. The van der Waals surface area contributed by atoms with Gasteiger partial charge in [0, 0.05) is 11.8 Å². The van der Waals surface area contributed by atoms with E-state index in [2.05, 4.69) is 16.0 Å². The Kier molecular flexibility index (Phi) is 5.85. The second-order valence-electron chi connectivity index (χ2n) is 6.80. The van der Waals surface area contributed by atoms with Crippen molar-refractivity contribution in [3.05, 3.63) is 96.2 Å². The molecule has 0 spiro atoms. The lowest BCUT2D eigenvalue weighted by molar-refractivity contribution is 0.0845. The summed E-state index contributed by atoms with van der Waals surface area (Å²) in [6, 6.07) is 22.6. The molecule has 0 bridgehead atoms. The smallest absolute Gasteiger partial charge is 0.273 e. The molecule has 0 saturated carbocycles. The van der Waals surface area contributed by atoms with Gasteiger partial charge in [-0.1, -0.05) is 42.5 Å². The molecule has 3 N–H and O–H groups in total. The number of carbonyl (C=O) groups excluding carboxylic acids is 2. The maximum Gasteiger partial charge on any atom is 0.273 e. The van der Waals surface area contributed by atoms with Crippen molar-refractivity contribution in [2.24, 2.45) is 0 Å². The van der Waals surface area contributed by atoms with Crippen LogP contribution in [-0.4, -0.2) is 33.8 Å². The number of phenolic OH excluding ortho intramolecular Hbond substituents is 1. The topological polar surface area (TPSA) is 105 Å². The Morgan fingerprint density at radius 1 is 0.844 bits per heavy atom. The first kappa shape index (κ1) is 20.7. The van der Waals surface area contributed by atoms with Crippen LogP contribution in [0.1, 0.15) is 20.7 Å². The highest BCUT2D eigenvalue weighted by molar-refractivity contribution is 6.03. The van der Waals surface area contributed by atoms with Crippen LogP contribution in [0.4, 0.5) is 0 Å². The van der Waals surface area contributed by atoms with E-state index in [1.54, 1.807) is 42.3 Å². The zero-order valence-corrected chi connectivity index (χ0v) is 17.1. The van der Waals surface area contributed by atoms with Crippen molar-refractivity contribution in [1.29, 1.82) is 0 Å². The van der Waals surface area contributed by atoms with Crippen molar-refractivity contribution in [3.8, 4) is 28.4 Å². The van der Waals surface area contributed by atoms with Gasteiger partial charge in [-0.15, -0.1) is 0 Å². The molecule has 0 saturated heterocycles. The van der Waals surface area contributed by atoms with Gasteiger partial charge in [0.1, 0.15) is 17.2 Å². The summed E-state index contributed by atoms with van der Waals surface area (Å²) in [5, 5.41) is 14.4. The van der Waals surface area contributed by atoms with Crippen LogP contribution in [0, 0.1) is 0 Å². The van der Waals surface area contributed by atoms with E-state index in [-0.39, 0.29) is 16.9 Å². The van der Waals surface area contributed by atoms with Crippen molar-refractivity contribution in [2.45, 2.75) is 0 Å². The van der Waals surface area contributed by atoms with E-state index in [0.717, 1.165) is 5.69 Å². The third-order valence-corrected chi connectivity index (χ3v) is 4.78. The second-order valence-corrected chi connectivity index (χ2v) is 6.80. The van der Waals surface area contributed by atoms with Crippen molar-refractivity contribution < 1.29 is 19.4 Å². The molecule has 0 radical (unpaired) electrons. The Hall–Kier alpha value is -4.59.